The average molecular weight is 350 g/mol. The van der Waals surface area contributed by atoms with Crippen molar-refractivity contribution in [1.82, 2.24) is 9.80 Å². The van der Waals surface area contributed by atoms with Crippen LogP contribution in [0.15, 0.2) is 17.5 Å². The van der Waals surface area contributed by atoms with Crippen LogP contribution >= 0.6 is 11.3 Å². The second-order valence-corrected chi connectivity index (χ2v) is 7.71. The number of likely N-dealkylation sites (tertiary alicyclic amines) is 2. The van der Waals surface area contributed by atoms with Gasteiger partial charge in [0.1, 0.15) is 0 Å². The number of hydrogen-bond donors (Lipinski definition) is 1. The molecule has 24 heavy (non-hydrogen) atoms. The van der Waals surface area contributed by atoms with Crippen LogP contribution in [-0.2, 0) is 4.79 Å². The number of urea groups is 1. The molecule has 0 radical (unpaired) electrons. The van der Waals surface area contributed by atoms with Crippen molar-refractivity contribution in [2.75, 3.05) is 25.0 Å². The van der Waals surface area contributed by atoms with E-state index in [2.05, 4.69) is 17.1 Å². The fourth-order valence-electron chi connectivity index (χ4n) is 3.81. The van der Waals surface area contributed by atoms with E-state index in [1.165, 1.54) is 17.8 Å². The number of nitrogens with one attached hydrogen (secondary N) is 1. The maximum Gasteiger partial charge on any atom is 0.322 e. The van der Waals surface area contributed by atoms with Crippen molar-refractivity contribution in [3.8, 4) is 0 Å². The number of hydrogen-bond acceptors (Lipinski definition) is 3. The minimum Gasteiger partial charge on any atom is -0.339 e. The molecule has 3 heterocycles. The summed E-state index contributed by atoms with van der Waals surface area (Å²) in [6.45, 7) is 4.42. The lowest BCUT2D eigenvalue weighted by Gasteiger charge is -2.39. The number of amides is 3. The summed E-state index contributed by atoms with van der Waals surface area (Å²) in [4.78, 5) is 29.1. The minimum absolute atomic E-state index is 0.0484. The van der Waals surface area contributed by atoms with E-state index in [9.17, 15) is 9.59 Å². The Morgan fingerprint density at radius 1 is 1.21 bits per heavy atom. The Hall–Kier alpha value is -1.56. The van der Waals surface area contributed by atoms with Crippen LogP contribution in [0.1, 0.15) is 45.4 Å². The van der Waals surface area contributed by atoms with Crippen molar-refractivity contribution < 1.29 is 9.59 Å². The zero-order chi connectivity index (χ0) is 16.9. The number of nitrogens with zero attached hydrogens (tertiary/aromatic N) is 2. The molecule has 6 heteroatoms. The van der Waals surface area contributed by atoms with Crippen molar-refractivity contribution in [3.63, 3.8) is 0 Å². The third-order valence-corrected chi connectivity index (χ3v) is 6.05. The fourth-order valence-corrected chi connectivity index (χ4v) is 4.42. The molecule has 2 aliphatic rings. The van der Waals surface area contributed by atoms with Crippen LogP contribution in [-0.4, -0.2) is 47.4 Å². The highest BCUT2D eigenvalue weighted by Gasteiger charge is 2.33. The Kier molecular flexibility index (Phi) is 5.76. The number of anilines is 1. The summed E-state index contributed by atoms with van der Waals surface area (Å²) in [5.41, 5.74) is 0. The van der Waals surface area contributed by atoms with E-state index in [1.54, 1.807) is 0 Å². The smallest absolute Gasteiger partial charge is 0.322 e. The van der Waals surface area contributed by atoms with E-state index < -0.39 is 0 Å². The van der Waals surface area contributed by atoms with E-state index in [4.69, 9.17) is 0 Å². The van der Waals surface area contributed by atoms with Crippen molar-refractivity contribution in [2.45, 2.75) is 51.5 Å². The highest BCUT2D eigenvalue weighted by Crippen LogP contribution is 2.26. The highest BCUT2D eigenvalue weighted by atomic mass is 32.1. The van der Waals surface area contributed by atoms with Crippen LogP contribution in [0.2, 0.25) is 0 Å². The van der Waals surface area contributed by atoms with E-state index >= 15 is 0 Å². The first-order chi connectivity index (χ1) is 11.7. The predicted octanol–water partition coefficient (Wildman–Crippen LogP) is 3.78. The Labute approximate surface area is 148 Å². The summed E-state index contributed by atoms with van der Waals surface area (Å²) in [6, 6.07) is 4.20. The number of piperidine rings is 2. The van der Waals surface area contributed by atoms with Gasteiger partial charge in [0.2, 0.25) is 5.91 Å². The van der Waals surface area contributed by atoms with Gasteiger partial charge in [-0.25, -0.2) is 4.79 Å². The van der Waals surface area contributed by atoms with Crippen molar-refractivity contribution in [3.05, 3.63) is 17.5 Å². The third-order valence-electron chi connectivity index (χ3n) is 5.26. The van der Waals surface area contributed by atoms with Gasteiger partial charge in [-0.15, -0.1) is 11.3 Å². The molecular weight excluding hydrogens is 322 g/mol. The molecule has 0 saturated carbocycles. The second-order valence-electron chi connectivity index (χ2n) is 6.76. The molecule has 2 aliphatic heterocycles. The zero-order valence-corrected chi connectivity index (χ0v) is 15.2. The molecule has 0 aromatic carbocycles. The number of carbonyl (C=O) groups is 2. The molecule has 2 fully saturated rings. The maximum atomic E-state index is 12.9. The van der Waals surface area contributed by atoms with Gasteiger partial charge in [-0.2, -0.15) is 0 Å². The fraction of sp³-hybridized carbons (Fsp3) is 0.667. The summed E-state index contributed by atoms with van der Waals surface area (Å²) in [5, 5.41) is 5.75. The largest absolute Gasteiger partial charge is 0.339 e. The van der Waals surface area contributed by atoms with Gasteiger partial charge in [-0.3, -0.25) is 10.1 Å². The maximum absolute atomic E-state index is 12.9. The molecule has 1 N–H and O–H groups in total. The van der Waals surface area contributed by atoms with Crippen LogP contribution in [0.5, 0.6) is 0 Å². The quantitative estimate of drug-likeness (QED) is 0.903. The number of thiophene rings is 1. The van der Waals surface area contributed by atoms with Gasteiger partial charge in [0.05, 0.1) is 5.00 Å². The van der Waals surface area contributed by atoms with Crippen LogP contribution in [0.25, 0.3) is 0 Å². The SMILES string of the molecule is CCC1CCCCN1C(=O)C1CCN(C(=O)Nc2cccs2)CC1. The van der Waals surface area contributed by atoms with E-state index in [1.807, 2.05) is 22.4 Å². The first kappa shape index (κ1) is 17.3. The molecule has 1 unspecified atom stereocenters. The first-order valence-electron chi connectivity index (χ1n) is 9.09. The number of carbonyl (C=O) groups excluding carboxylic acids is 2. The van der Waals surface area contributed by atoms with E-state index in [-0.39, 0.29) is 11.9 Å². The Bertz CT molecular complexity index is 553. The van der Waals surface area contributed by atoms with Gasteiger partial charge < -0.3 is 9.80 Å². The van der Waals surface area contributed by atoms with Crippen LogP contribution in [0.3, 0.4) is 0 Å². The summed E-state index contributed by atoms with van der Waals surface area (Å²) >= 11 is 1.52. The molecule has 0 bridgehead atoms. The summed E-state index contributed by atoms with van der Waals surface area (Å²) in [5.74, 6) is 0.405. The van der Waals surface area contributed by atoms with Gasteiger partial charge in [0.25, 0.3) is 0 Å². The van der Waals surface area contributed by atoms with Crippen molar-refractivity contribution in [1.29, 1.82) is 0 Å². The van der Waals surface area contributed by atoms with Crippen LogP contribution in [0.4, 0.5) is 9.80 Å². The monoisotopic (exact) mass is 349 g/mol. The van der Waals surface area contributed by atoms with E-state index in [0.29, 0.717) is 25.0 Å². The summed E-state index contributed by atoms with van der Waals surface area (Å²) < 4.78 is 0. The van der Waals surface area contributed by atoms with Crippen LogP contribution in [0, 0.1) is 5.92 Å². The van der Waals surface area contributed by atoms with Crippen molar-refractivity contribution in [2.24, 2.45) is 5.92 Å². The topological polar surface area (TPSA) is 52.7 Å². The molecule has 3 amide bonds. The lowest BCUT2D eigenvalue weighted by atomic mass is 9.92. The summed E-state index contributed by atoms with van der Waals surface area (Å²) in [6.07, 6.45) is 6.12. The third kappa shape index (κ3) is 3.91. The molecule has 1 aromatic heterocycles. The molecular formula is C18H27N3O2S. The molecule has 132 valence electrons. The molecule has 5 nitrogen and oxygen atoms in total. The zero-order valence-electron chi connectivity index (χ0n) is 14.4. The minimum atomic E-state index is -0.0484. The summed E-state index contributed by atoms with van der Waals surface area (Å²) in [7, 11) is 0. The first-order valence-corrected chi connectivity index (χ1v) is 9.97. The Balaban J connectivity index is 1.50. The predicted molar refractivity (Wildman–Crippen MR) is 97.3 cm³/mol. The van der Waals surface area contributed by atoms with Gasteiger partial charge in [0.15, 0.2) is 0 Å². The lowest BCUT2D eigenvalue weighted by molar-refractivity contribution is -0.140. The van der Waals surface area contributed by atoms with Crippen molar-refractivity contribution >= 4 is 28.3 Å². The molecule has 0 aliphatic carbocycles. The van der Waals surface area contributed by atoms with Gasteiger partial charge in [-0.1, -0.05) is 6.92 Å². The molecule has 2 saturated heterocycles. The Morgan fingerprint density at radius 3 is 2.67 bits per heavy atom. The average Bonchev–Trinajstić information content (AvgIpc) is 3.14. The van der Waals surface area contributed by atoms with Gasteiger partial charge in [0, 0.05) is 31.6 Å². The lowest BCUT2D eigenvalue weighted by Crippen LogP contribution is -2.49. The molecule has 1 atom stereocenters. The highest BCUT2D eigenvalue weighted by molar-refractivity contribution is 7.14. The normalized spacial score (nSPS) is 22.5. The standard InChI is InChI=1S/C18H27N3O2S/c1-2-15-6-3-4-10-21(15)17(22)14-8-11-20(12-9-14)18(23)19-16-7-5-13-24-16/h5,7,13-15H,2-4,6,8-12H2,1H3,(H,19,23). The van der Waals surface area contributed by atoms with Crippen LogP contribution < -0.4 is 5.32 Å². The molecule has 1 aromatic rings. The molecule has 3 rings (SSSR count). The number of rotatable bonds is 3. The van der Waals surface area contributed by atoms with Gasteiger partial charge in [-0.05, 0) is 56.0 Å². The molecule has 0 spiro atoms. The van der Waals surface area contributed by atoms with Gasteiger partial charge >= 0.3 is 6.03 Å². The van der Waals surface area contributed by atoms with E-state index in [0.717, 1.165) is 43.6 Å². The second kappa shape index (κ2) is 8.01. The Morgan fingerprint density at radius 2 is 2.00 bits per heavy atom.